The summed E-state index contributed by atoms with van der Waals surface area (Å²) in [6.07, 6.45) is 1.44. The average Bonchev–Trinajstić information content (AvgIpc) is 2.63. The highest BCUT2D eigenvalue weighted by Crippen LogP contribution is 2.29. The van der Waals surface area contributed by atoms with Gasteiger partial charge in [0.2, 0.25) is 0 Å². The minimum atomic E-state index is -0.526. The van der Waals surface area contributed by atoms with Gasteiger partial charge in [-0.3, -0.25) is 9.59 Å². The molecule has 1 N–H and O–H groups in total. The molecular formula is C20H17BrN2O4. The number of anilines is 1. The van der Waals surface area contributed by atoms with Crippen LogP contribution in [0.25, 0.3) is 6.08 Å². The molecule has 2 rings (SSSR count). The second-order valence-corrected chi connectivity index (χ2v) is 6.28. The Morgan fingerprint density at radius 1 is 1.19 bits per heavy atom. The first-order valence-corrected chi connectivity index (χ1v) is 8.86. The first kappa shape index (κ1) is 20.2. The van der Waals surface area contributed by atoms with Gasteiger partial charge < -0.3 is 14.8 Å². The Morgan fingerprint density at radius 2 is 1.89 bits per heavy atom. The van der Waals surface area contributed by atoms with Gasteiger partial charge in [0, 0.05) is 17.1 Å². The predicted octanol–water partition coefficient (Wildman–Crippen LogP) is 4.32. The van der Waals surface area contributed by atoms with E-state index in [1.54, 1.807) is 49.4 Å². The Morgan fingerprint density at radius 3 is 2.48 bits per heavy atom. The van der Waals surface area contributed by atoms with Crippen LogP contribution in [0.3, 0.4) is 0 Å². The van der Waals surface area contributed by atoms with E-state index < -0.39 is 11.9 Å². The molecule has 1 amide bonds. The van der Waals surface area contributed by atoms with Crippen LogP contribution < -0.4 is 14.8 Å². The SMILES string of the molecule is CCOc1cc(/C=C(/C#N)C(=O)Nc2ccc(Br)cc2)ccc1OC(C)=O. The van der Waals surface area contributed by atoms with Crippen LogP contribution in [0.1, 0.15) is 19.4 Å². The van der Waals surface area contributed by atoms with Crippen molar-refractivity contribution in [2.75, 3.05) is 11.9 Å². The second kappa shape index (κ2) is 9.55. The van der Waals surface area contributed by atoms with Crippen LogP contribution in [0.15, 0.2) is 52.5 Å². The van der Waals surface area contributed by atoms with Crippen LogP contribution in [0.4, 0.5) is 5.69 Å². The highest BCUT2D eigenvalue weighted by molar-refractivity contribution is 9.10. The number of halogens is 1. The van der Waals surface area contributed by atoms with Crippen LogP contribution in [-0.2, 0) is 9.59 Å². The molecule has 0 aromatic heterocycles. The van der Waals surface area contributed by atoms with Crippen LogP contribution in [0.5, 0.6) is 11.5 Å². The standard InChI is InChI=1S/C20H17BrN2O4/c1-3-26-19-11-14(4-9-18(19)27-13(2)24)10-15(12-22)20(25)23-17-7-5-16(21)6-8-17/h4-11H,3H2,1-2H3,(H,23,25)/b15-10-. The zero-order chi connectivity index (χ0) is 19.8. The number of nitrogens with zero attached hydrogens (tertiary/aromatic N) is 1. The lowest BCUT2D eigenvalue weighted by Gasteiger charge is -2.10. The average molecular weight is 429 g/mol. The van der Waals surface area contributed by atoms with Gasteiger partial charge in [-0.15, -0.1) is 0 Å². The van der Waals surface area contributed by atoms with Crippen molar-refractivity contribution >= 4 is 39.6 Å². The molecule has 0 bridgehead atoms. The Kier molecular flexibility index (Phi) is 7.15. The number of hydrogen-bond donors (Lipinski definition) is 1. The lowest BCUT2D eigenvalue weighted by Crippen LogP contribution is -2.13. The van der Waals surface area contributed by atoms with Gasteiger partial charge in [0.25, 0.3) is 5.91 Å². The van der Waals surface area contributed by atoms with Crippen LogP contribution in [0, 0.1) is 11.3 Å². The molecule has 0 atom stereocenters. The van der Waals surface area contributed by atoms with Crippen molar-refractivity contribution in [2.45, 2.75) is 13.8 Å². The number of rotatable bonds is 6. The summed E-state index contributed by atoms with van der Waals surface area (Å²) in [5, 5.41) is 12.0. The molecule has 27 heavy (non-hydrogen) atoms. The zero-order valence-electron chi connectivity index (χ0n) is 14.8. The summed E-state index contributed by atoms with van der Waals surface area (Å²) in [5.74, 6) is -0.362. The highest BCUT2D eigenvalue weighted by Gasteiger charge is 2.12. The number of hydrogen-bond acceptors (Lipinski definition) is 5. The number of nitriles is 1. The van der Waals surface area contributed by atoms with Crippen molar-refractivity contribution in [1.29, 1.82) is 5.26 Å². The van der Waals surface area contributed by atoms with Gasteiger partial charge in [-0.05, 0) is 55.0 Å². The number of carbonyl (C=O) groups is 2. The normalized spacial score (nSPS) is 10.7. The smallest absolute Gasteiger partial charge is 0.308 e. The van der Waals surface area contributed by atoms with Crippen molar-refractivity contribution in [2.24, 2.45) is 0 Å². The minimum Gasteiger partial charge on any atom is -0.490 e. The van der Waals surface area contributed by atoms with E-state index in [1.807, 2.05) is 6.07 Å². The molecule has 0 aliphatic heterocycles. The summed E-state index contributed by atoms with van der Waals surface area (Å²) < 4.78 is 11.4. The van der Waals surface area contributed by atoms with Gasteiger partial charge in [-0.2, -0.15) is 5.26 Å². The topological polar surface area (TPSA) is 88.4 Å². The van der Waals surface area contributed by atoms with E-state index in [1.165, 1.54) is 13.0 Å². The molecule has 0 spiro atoms. The molecule has 0 aliphatic carbocycles. The molecule has 2 aromatic rings. The Balaban J connectivity index is 2.26. The van der Waals surface area contributed by atoms with Gasteiger partial charge in [-0.25, -0.2) is 0 Å². The fourth-order valence-electron chi connectivity index (χ4n) is 2.17. The zero-order valence-corrected chi connectivity index (χ0v) is 16.4. The number of amides is 1. The summed E-state index contributed by atoms with van der Waals surface area (Å²) in [7, 11) is 0. The van der Waals surface area contributed by atoms with Crippen molar-refractivity contribution in [3.05, 3.63) is 58.1 Å². The van der Waals surface area contributed by atoms with Gasteiger partial charge in [0.1, 0.15) is 11.6 Å². The maximum Gasteiger partial charge on any atom is 0.308 e. The number of esters is 1. The summed E-state index contributed by atoms with van der Waals surface area (Å²) in [4.78, 5) is 23.5. The van der Waals surface area contributed by atoms with Crippen LogP contribution in [-0.4, -0.2) is 18.5 Å². The summed E-state index contributed by atoms with van der Waals surface area (Å²) in [6, 6.07) is 13.7. The molecule has 6 nitrogen and oxygen atoms in total. The molecule has 0 saturated carbocycles. The predicted molar refractivity (Wildman–Crippen MR) is 105 cm³/mol. The molecule has 0 saturated heterocycles. The first-order valence-electron chi connectivity index (χ1n) is 8.07. The Bertz CT molecular complexity index is 915. The third-order valence-corrected chi connectivity index (χ3v) is 3.83. The van der Waals surface area contributed by atoms with Crippen molar-refractivity contribution < 1.29 is 19.1 Å². The fraction of sp³-hybridized carbons (Fsp3) is 0.150. The van der Waals surface area contributed by atoms with E-state index in [0.29, 0.717) is 23.6 Å². The molecule has 2 aromatic carbocycles. The maximum absolute atomic E-state index is 12.3. The molecule has 0 fully saturated rings. The van der Waals surface area contributed by atoms with Crippen molar-refractivity contribution in [3.8, 4) is 17.6 Å². The second-order valence-electron chi connectivity index (χ2n) is 5.36. The molecule has 0 aliphatic rings. The largest absolute Gasteiger partial charge is 0.490 e. The molecule has 7 heteroatoms. The number of ether oxygens (including phenoxy) is 2. The Labute approximate surface area is 165 Å². The quantitative estimate of drug-likeness (QED) is 0.320. The third kappa shape index (κ3) is 5.97. The highest BCUT2D eigenvalue weighted by atomic mass is 79.9. The van der Waals surface area contributed by atoms with Crippen molar-refractivity contribution in [1.82, 2.24) is 0 Å². The molecule has 0 radical (unpaired) electrons. The van der Waals surface area contributed by atoms with E-state index in [2.05, 4.69) is 21.2 Å². The third-order valence-electron chi connectivity index (χ3n) is 3.30. The summed E-state index contributed by atoms with van der Waals surface area (Å²) in [6.45, 7) is 3.47. The summed E-state index contributed by atoms with van der Waals surface area (Å²) in [5.41, 5.74) is 1.07. The monoisotopic (exact) mass is 428 g/mol. The van der Waals surface area contributed by atoms with E-state index in [4.69, 9.17) is 9.47 Å². The Hall–Kier alpha value is -3.11. The van der Waals surface area contributed by atoms with E-state index >= 15 is 0 Å². The molecule has 0 unspecified atom stereocenters. The van der Waals surface area contributed by atoms with Crippen LogP contribution in [0.2, 0.25) is 0 Å². The van der Waals surface area contributed by atoms with E-state index in [9.17, 15) is 14.9 Å². The first-order chi connectivity index (χ1) is 12.9. The number of benzene rings is 2. The molecular weight excluding hydrogens is 412 g/mol. The summed E-state index contributed by atoms with van der Waals surface area (Å²) >= 11 is 3.32. The van der Waals surface area contributed by atoms with Crippen LogP contribution >= 0.6 is 15.9 Å². The molecule has 138 valence electrons. The van der Waals surface area contributed by atoms with E-state index in [-0.39, 0.29) is 11.3 Å². The van der Waals surface area contributed by atoms with Gasteiger partial charge in [-0.1, -0.05) is 22.0 Å². The van der Waals surface area contributed by atoms with E-state index in [0.717, 1.165) is 4.47 Å². The molecule has 0 heterocycles. The van der Waals surface area contributed by atoms with Gasteiger partial charge in [0.05, 0.1) is 6.61 Å². The lowest BCUT2D eigenvalue weighted by atomic mass is 10.1. The minimum absolute atomic E-state index is 0.0689. The van der Waals surface area contributed by atoms with Gasteiger partial charge >= 0.3 is 5.97 Å². The number of carbonyl (C=O) groups excluding carboxylic acids is 2. The van der Waals surface area contributed by atoms with Gasteiger partial charge in [0.15, 0.2) is 11.5 Å². The lowest BCUT2D eigenvalue weighted by molar-refractivity contribution is -0.132. The van der Waals surface area contributed by atoms with Crippen molar-refractivity contribution in [3.63, 3.8) is 0 Å². The maximum atomic E-state index is 12.3. The number of nitrogens with one attached hydrogen (secondary N) is 1. The fourth-order valence-corrected chi connectivity index (χ4v) is 2.43.